The highest BCUT2D eigenvalue weighted by Gasteiger charge is 2.17. The minimum atomic E-state index is -2.45. The van der Waals surface area contributed by atoms with Crippen molar-refractivity contribution in [3.8, 4) is 0 Å². The Morgan fingerprint density at radius 1 is 1.00 bits per heavy atom. The van der Waals surface area contributed by atoms with Crippen LogP contribution in [0.3, 0.4) is 0 Å². The van der Waals surface area contributed by atoms with E-state index in [4.69, 9.17) is 46.5 Å². The number of hydrogen-bond donors (Lipinski definition) is 0. The van der Waals surface area contributed by atoms with Crippen molar-refractivity contribution in [2.24, 2.45) is 0 Å². The van der Waals surface area contributed by atoms with Crippen LogP contribution in [0.5, 0.6) is 0 Å². The van der Waals surface area contributed by atoms with Crippen molar-refractivity contribution < 1.29 is 13.3 Å². The van der Waals surface area contributed by atoms with Gasteiger partial charge in [-0.2, -0.15) is 0 Å². The summed E-state index contributed by atoms with van der Waals surface area (Å²) in [4.78, 5) is 0. The summed E-state index contributed by atoms with van der Waals surface area (Å²) in [6.07, 6.45) is 0. The van der Waals surface area contributed by atoms with Crippen LogP contribution in [0.1, 0.15) is 20.8 Å². The van der Waals surface area contributed by atoms with Crippen molar-refractivity contribution in [2.75, 3.05) is 19.8 Å². The van der Waals surface area contributed by atoms with Crippen molar-refractivity contribution in [3.05, 3.63) is 12.3 Å². The Morgan fingerprint density at radius 2 is 1.25 bits per heavy atom. The molecule has 0 aromatic rings. The highest BCUT2D eigenvalue weighted by Crippen LogP contribution is 2.19. The smallest absolute Gasteiger partial charge is 0.376 e. The molecule has 0 saturated carbocycles. The van der Waals surface area contributed by atoms with Gasteiger partial charge in [0.1, 0.15) is 0 Å². The molecule has 0 heterocycles. The van der Waals surface area contributed by atoms with Crippen LogP contribution < -0.4 is 0 Å². The lowest BCUT2D eigenvalue weighted by Gasteiger charge is -2.12. The van der Waals surface area contributed by atoms with Gasteiger partial charge in [-0.3, -0.25) is 0 Å². The van der Waals surface area contributed by atoms with Gasteiger partial charge in [-0.05, 0) is 20.8 Å². The van der Waals surface area contributed by atoms with E-state index in [1.807, 2.05) is 20.8 Å². The van der Waals surface area contributed by atoms with Crippen LogP contribution in [0.25, 0.3) is 0 Å². The van der Waals surface area contributed by atoms with E-state index in [-0.39, 0.29) is 0 Å². The number of rotatable bonds is 7. The predicted octanol–water partition coefficient (Wildman–Crippen LogP) is 3.18. The SMILES string of the molecule is C=C[Si](Cl)(Cl)Cl.CCO[SiH](OCC)OCC. The molecule has 0 aliphatic heterocycles. The predicted molar refractivity (Wildman–Crippen MR) is 75.5 cm³/mol. The third kappa shape index (κ3) is 17.3. The maximum atomic E-state index is 5.27. The Kier molecular flexibility index (Phi) is 14.9. The second-order valence-corrected chi connectivity index (χ2v) is 12.6. The first kappa shape index (κ1) is 19.3. The molecule has 0 aliphatic carbocycles. The first-order valence-corrected chi connectivity index (χ1v) is 11.5. The number of hydrogen-bond acceptors (Lipinski definition) is 3. The molecule has 0 aromatic heterocycles. The zero-order valence-electron chi connectivity index (χ0n) is 9.84. The molecular weight excluding hydrogens is 307 g/mol. The molecule has 0 rings (SSSR count). The Bertz CT molecular complexity index is 153. The van der Waals surface area contributed by atoms with Gasteiger partial charge in [-0.1, -0.05) is 5.70 Å². The Morgan fingerprint density at radius 3 is 1.38 bits per heavy atom. The van der Waals surface area contributed by atoms with Crippen LogP contribution >= 0.6 is 33.2 Å². The highest BCUT2D eigenvalue weighted by atomic mass is 35.8. The summed E-state index contributed by atoms with van der Waals surface area (Å²) in [7, 11) is -1.73. The van der Waals surface area contributed by atoms with E-state index in [1.54, 1.807) is 0 Å². The van der Waals surface area contributed by atoms with E-state index < -0.39 is 15.5 Å². The van der Waals surface area contributed by atoms with Gasteiger partial charge < -0.3 is 13.3 Å². The van der Waals surface area contributed by atoms with E-state index in [9.17, 15) is 0 Å². The van der Waals surface area contributed by atoms with Gasteiger partial charge >= 0.3 is 15.5 Å². The third-order valence-electron chi connectivity index (χ3n) is 1.14. The van der Waals surface area contributed by atoms with Crippen LogP contribution in [0.4, 0.5) is 0 Å². The van der Waals surface area contributed by atoms with Crippen LogP contribution in [-0.4, -0.2) is 35.4 Å². The molecule has 0 bridgehead atoms. The first-order valence-electron chi connectivity index (χ1n) is 4.96. The van der Waals surface area contributed by atoms with Crippen molar-refractivity contribution in [3.63, 3.8) is 0 Å². The Labute approximate surface area is 115 Å². The Balaban J connectivity index is 0. The van der Waals surface area contributed by atoms with E-state index in [1.165, 1.54) is 5.70 Å². The van der Waals surface area contributed by atoms with E-state index >= 15 is 0 Å². The van der Waals surface area contributed by atoms with Crippen LogP contribution in [0.15, 0.2) is 12.3 Å². The fraction of sp³-hybridized carbons (Fsp3) is 0.750. The molecule has 0 spiro atoms. The maximum absolute atomic E-state index is 5.27. The van der Waals surface area contributed by atoms with Crippen molar-refractivity contribution >= 4 is 48.8 Å². The van der Waals surface area contributed by atoms with Crippen LogP contribution in [0, 0.1) is 0 Å². The maximum Gasteiger partial charge on any atom is 0.484 e. The van der Waals surface area contributed by atoms with Gasteiger partial charge in [0.25, 0.3) is 0 Å². The summed E-state index contributed by atoms with van der Waals surface area (Å²) >= 11 is 15.8. The van der Waals surface area contributed by atoms with Gasteiger partial charge in [0.15, 0.2) is 0 Å². The van der Waals surface area contributed by atoms with Gasteiger partial charge in [-0.15, -0.1) is 39.8 Å². The fourth-order valence-electron chi connectivity index (χ4n) is 0.553. The van der Waals surface area contributed by atoms with Gasteiger partial charge in [0, 0.05) is 19.8 Å². The second-order valence-electron chi connectivity index (χ2n) is 2.40. The molecule has 0 amide bonds. The first-order chi connectivity index (χ1) is 7.41. The molecule has 0 N–H and O–H groups in total. The molecule has 0 radical (unpaired) electrons. The molecule has 0 aromatic carbocycles. The van der Waals surface area contributed by atoms with Crippen molar-refractivity contribution in [1.29, 1.82) is 0 Å². The molecule has 0 atom stereocenters. The highest BCUT2D eigenvalue weighted by molar-refractivity contribution is 7.66. The van der Waals surface area contributed by atoms with Gasteiger partial charge in [0.2, 0.25) is 0 Å². The molecule has 8 heteroatoms. The zero-order valence-corrected chi connectivity index (χ0v) is 14.3. The van der Waals surface area contributed by atoms with E-state index in [0.717, 1.165) is 0 Å². The summed E-state index contributed by atoms with van der Waals surface area (Å²) < 4.78 is 15.7. The summed E-state index contributed by atoms with van der Waals surface area (Å²) in [5.41, 5.74) is 1.37. The summed E-state index contributed by atoms with van der Waals surface area (Å²) in [5.74, 6) is 0. The molecule has 98 valence electrons. The lowest BCUT2D eigenvalue weighted by Crippen LogP contribution is -2.27. The quantitative estimate of drug-likeness (QED) is 0.531. The van der Waals surface area contributed by atoms with Gasteiger partial charge in [0.05, 0.1) is 0 Å². The average Bonchev–Trinajstić information content (AvgIpc) is 2.19. The fourth-order valence-corrected chi connectivity index (χ4v) is 1.66. The zero-order chi connectivity index (χ0) is 13.0. The van der Waals surface area contributed by atoms with Crippen LogP contribution in [0.2, 0.25) is 0 Å². The molecule has 0 aliphatic rings. The molecule has 0 fully saturated rings. The lowest BCUT2D eigenvalue weighted by atomic mass is 10.9. The topological polar surface area (TPSA) is 27.7 Å². The van der Waals surface area contributed by atoms with E-state index in [0.29, 0.717) is 19.8 Å². The summed E-state index contributed by atoms with van der Waals surface area (Å²) in [5, 5.41) is 0. The summed E-state index contributed by atoms with van der Waals surface area (Å²) in [6.45, 7) is 11.2. The minimum absolute atomic E-state index is 0.677. The van der Waals surface area contributed by atoms with Gasteiger partial charge in [-0.25, -0.2) is 0 Å². The Hall–Kier alpha value is 0.924. The van der Waals surface area contributed by atoms with Crippen molar-refractivity contribution in [2.45, 2.75) is 20.8 Å². The van der Waals surface area contributed by atoms with Crippen molar-refractivity contribution in [1.82, 2.24) is 0 Å². The average molecular weight is 326 g/mol. The lowest BCUT2D eigenvalue weighted by molar-refractivity contribution is 0.107. The second kappa shape index (κ2) is 12.4. The number of halogens is 3. The molecular formula is C8H19Cl3O3Si2. The largest absolute Gasteiger partial charge is 0.484 e. The standard InChI is InChI=1S/C6H16O3Si.C2H3Cl3Si/c1-4-7-10(8-5-2)9-6-3;1-2-6(3,4)5/h10H,4-6H2,1-3H3;2H,1H2. The minimum Gasteiger partial charge on any atom is -0.376 e. The van der Waals surface area contributed by atoms with E-state index in [2.05, 4.69) is 6.58 Å². The molecule has 16 heavy (non-hydrogen) atoms. The third-order valence-corrected chi connectivity index (χ3v) is 4.81. The molecule has 0 saturated heterocycles. The normalized spacial score (nSPS) is 10.9. The molecule has 0 unspecified atom stereocenters. The monoisotopic (exact) mass is 324 g/mol. The summed E-state index contributed by atoms with van der Waals surface area (Å²) in [6, 6.07) is -2.45. The van der Waals surface area contributed by atoms with Crippen LogP contribution in [-0.2, 0) is 13.3 Å². The molecule has 3 nitrogen and oxygen atoms in total.